The molecule has 1 aromatic heterocycles. The first kappa shape index (κ1) is 23.7. The molecule has 0 unspecified atom stereocenters. The van der Waals surface area contributed by atoms with Gasteiger partial charge in [-0.15, -0.1) is 10.2 Å². The Bertz CT molecular complexity index is 1150. The van der Waals surface area contributed by atoms with Gasteiger partial charge in [0, 0.05) is 5.69 Å². The largest absolute Gasteiger partial charge is 0.493 e. The summed E-state index contributed by atoms with van der Waals surface area (Å²) in [5, 5.41) is 11.0. The molecule has 0 bridgehead atoms. The second kappa shape index (κ2) is 11.0. The lowest BCUT2D eigenvalue weighted by Gasteiger charge is -2.10. The fraction of sp³-hybridized carbons (Fsp3) is 0.227. The molecule has 3 aromatic rings. The molecule has 11 heteroatoms. The van der Waals surface area contributed by atoms with E-state index in [1.54, 1.807) is 0 Å². The number of methoxy groups -OCH3 is 1. The molecule has 33 heavy (non-hydrogen) atoms. The summed E-state index contributed by atoms with van der Waals surface area (Å²) in [6.07, 6.45) is 0.909. The van der Waals surface area contributed by atoms with Crippen molar-refractivity contribution in [2.45, 2.75) is 20.0 Å². The Morgan fingerprint density at radius 2 is 1.82 bits per heavy atom. The molecular formula is C22H22N4O6S. The molecule has 0 saturated heterocycles. The average molecular weight is 471 g/mol. The number of primary amides is 1. The molecule has 1 heterocycles. The van der Waals surface area contributed by atoms with Gasteiger partial charge in [0.05, 0.1) is 12.7 Å². The Kier molecular flexibility index (Phi) is 7.92. The molecule has 2 aromatic carbocycles. The predicted octanol–water partition coefficient (Wildman–Crippen LogP) is 2.58. The highest BCUT2D eigenvalue weighted by atomic mass is 32.1. The lowest BCUT2D eigenvalue weighted by atomic mass is 10.1. The molecule has 10 nitrogen and oxygen atoms in total. The number of carbonyl (C=O) groups excluding carboxylic acids is 3. The maximum absolute atomic E-state index is 12.4. The van der Waals surface area contributed by atoms with Crippen molar-refractivity contribution in [3.8, 4) is 11.5 Å². The zero-order valence-corrected chi connectivity index (χ0v) is 18.8. The van der Waals surface area contributed by atoms with Gasteiger partial charge >= 0.3 is 5.97 Å². The van der Waals surface area contributed by atoms with Crippen LogP contribution in [0.3, 0.4) is 0 Å². The Hall–Kier alpha value is -3.99. The van der Waals surface area contributed by atoms with Crippen LogP contribution in [0.4, 0.5) is 5.69 Å². The normalized spacial score (nSPS) is 10.4. The van der Waals surface area contributed by atoms with Crippen molar-refractivity contribution in [3.63, 3.8) is 0 Å². The monoisotopic (exact) mass is 470 g/mol. The molecule has 3 rings (SSSR count). The number of aromatic nitrogens is 2. The number of nitrogens with two attached hydrogens (primary N) is 1. The highest BCUT2D eigenvalue weighted by Gasteiger charge is 2.16. The topological polar surface area (TPSA) is 143 Å². The molecule has 2 amide bonds. The number of nitrogens with zero attached hydrogens (tertiary/aromatic N) is 2. The summed E-state index contributed by atoms with van der Waals surface area (Å²) in [7, 11) is 1.40. The van der Waals surface area contributed by atoms with E-state index in [0.717, 1.165) is 17.8 Å². The first-order valence-electron chi connectivity index (χ1n) is 9.88. The molecule has 0 spiro atoms. The van der Waals surface area contributed by atoms with E-state index in [1.807, 2.05) is 24.3 Å². The number of hydrogen-bond acceptors (Lipinski definition) is 9. The quantitative estimate of drug-likeness (QED) is 0.431. The number of anilines is 1. The summed E-state index contributed by atoms with van der Waals surface area (Å²) in [5.74, 6) is -1.16. The summed E-state index contributed by atoms with van der Waals surface area (Å²) in [5.41, 5.74) is 7.08. The van der Waals surface area contributed by atoms with Crippen LogP contribution < -0.4 is 20.5 Å². The molecule has 0 radical (unpaired) electrons. The number of rotatable bonds is 10. The van der Waals surface area contributed by atoms with Gasteiger partial charge in [-0.05, 0) is 42.3 Å². The van der Waals surface area contributed by atoms with E-state index in [1.165, 1.54) is 30.9 Å². The standard InChI is InChI=1S/C22H22N4O6S/c1-3-13-4-7-15(8-5-13)24-20(28)21-26-25-19(33-21)12-32-22(29)14-6-9-16(17(10-14)30-2)31-11-18(23)27/h4-10H,3,11-12H2,1-2H3,(H2,23,27)(H,24,28). The zero-order valence-electron chi connectivity index (χ0n) is 18.0. The molecule has 0 aliphatic heterocycles. The Morgan fingerprint density at radius 1 is 1.06 bits per heavy atom. The lowest BCUT2D eigenvalue weighted by molar-refractivity contribution is -0.119. The van der Waals surface area contributed by atoms with Crippen molar-refractivity contribution in [2.75, 3.05) is 19.0 Å². The van der Waals surface area contributed by atoms with Gasteiger partial charge in [0.25, 0.3) is 11.8 Å². The lowest BCUT2D eigenvalue weighted by Crippen LogP contribution is -2.20. The fourth-order valence-electron chi connectivity index (χ4n) is 2.69. The van der Waals surface area contributed by atoms with Crippen molar-refractivity contribution in [1.29, 1.82) is 0 Å². The van der Waals surface area contributed by atoms with Crippen LogP contribution in [-0.4, -0.2) is 41.7 Å². The Labute approximate surface area is 193 Å². The van der Waals surface area contributed by atoms with Crippen molar-refractivity contribution >= 4 is 34.8 Å². The van der Waals surface area contributed by atoms with Crippen LogP contribution in [0.25, 0.3) is 0 Å². The molecule has 0 saturated carbocycles. The number of amides is 2. The minimum Gasteiger partial charge on any atom is -0.493 e. The van der Waals surface area contributed by atoms with Gasteiger partial charge < -0.3 is 25.3 Å². The van der Waals surface area contributed by atoms with Crippen LogP contribution in [0.2, 0.25) is 0 Å². The smallest absolute Gasteiger partial charge is 0.338 e. The van der Waals surface area contributed by atoms with Gasteiger partial charge in [0.2, 0.25) is 5.01 Å². The first-order valence-corrected chi connectivity index (χ1v) is 10.7. The molecule has 0 aliphatic rings. The van der Waals surface area contributed by atoms with Crippen LogP contribution in [0.5, 0.6) is 11.5 Å². The maximum Gasteiger partial charge on any atom is 0.338 e. The SMILES string of the molecule is CCc1ccc(NC(=O)c2nnc(COC(=O)c3ccc(OCC(N)=O)c(OC)c3)s2)cc1. The summed E-state index contributed by atoms with van der Waals surface area (Å²) in [6.45, 7) is 1.57. The van der Waals surface area contributed by atoms with Crippen LogP contribution in [0, 0.1) is 0 Å². The fourth-order valence-corrected chi connectivity index (χ4v) is 3.33. The van der Waals surface area contributed by atoms with Crippen LogP contribution >= 0.6 is 11.3 Å². The number of aryl methyl sites for hydroxylation is 1. The van der Waals surface area contributed by atoms with Crippen LogP contribution in [0.1, 0.15) is 37.7 Å². The third-order valence-corrected chi connectivity index (χ3v) is 5.27. The van der Waals surface area contributed by atoms with E-state index in [0.29, 0.717) is 10.7 Å². The number of carbonyl (C=O) groups is 3. The number of ether oxygens (including phenoxy) is 3. The van der Waals surface area contributed by atoms with Crippen molar-refractivity contribution in [2.24, 2.45) is 5.73 Å². The van der Waals surface area contributed by atoms with Crippen molar-refractivity contribution < 1.29 is 28.6 Å². The summed E-state index contributed by atoms with van der Waals surface area (Å²) in [4.78, 5) is 35.6. The van der Waals surface area contributed by atoms with E-state index < -0.39 is 17.8 Å². The Morgan fingerprint density at radius 3 is 2.48 bits per heavy atom. The third-order valence-electron chi connectivity index (χ3n) is 4.38. The second-order valence-corrected chi connectivity index (χ2v) is 7.76. The number of benzene rings is 2. The first-order chi connectivity index (χ1) is 15.9. The average Bonchev–Trinajstić information content (AvgIpc) is 3.31. The van der Waals surface area contributed by atoms with Gasteiger partial charge in [-0.3, -0.25) is 9.59 Å². The highest BCUT2D eigenvalue weighted by molar-refractivity contribution is 7.13. The van der Waals surface area contributed by atoms with Crippen LogP contribution in [0.15, 0.2) is 42.5 Å². The number of esters is 1. The molecule has 172 valence electrons. The summed E-state index contributed by atoms with van der Waals surface area (Å²) >= 11 is 1.02. The Balaban J connectivity index is 1.57. The molecule has 0 aliphatic carbocycles. The molecule has 0 atom stereocenters. The number of hydrogen-bond donors (Lipinski definition) is 2. The second-order valence-electron chi connectivity index (χ2n) is 6.70. The minimum absolute atomic E-state index is 0.151. The van der Waals surface area contributed by atoms with E-state index >= 15 is 0 Å². The molecule has 0 fully saturated rings. The zero-order chi connectivity index (χ0) is 23.8. The van der Waals surface area contributed by atoms with Gasteiger partial charge in [0.1, 0.15) is 6.61 Å². The third kappa shape index (κ3) is 6.50. The number of nitrogens with one attached hydrogen (secondary N) is 1. The predicted molar refractivity (Wildman–Crippen MR) is 120 cm³/mol. The van der Waals surface area contributed by atoms with Gasteiger partial charge in [0.15, 0.2) is 23.1 Å². The molecular weight excluding hydrogens is 448 g/mol. The molecule has 3 N–H and O–H groups in total. The minimum atomic E-state index is -0.639. The van der Waals surface area contributed by atoms with E-state index in [4.69, 9.17) is 19.9 Å². The maximum atomic E-state index is 12.4. The van der Waals surface area contributed by atoms with E-state index in [9.17, 15) is 14.4 Å². The van der Waals surface area contributed by atoms with Gasteiger partial charge in [-0.1, -0.05) is 30.4 Å². The van der Waals surface area contributed by atoms with Gasteiger partial charge in [-0.25, -0.2) is 4.79 Å². The highest BCUT2D eigenvalue weighted by Crippen LogP contribution is 2.28. The van der Waals surface area contributed by atoms with Crippen molar-refractivity contribution in [3.05, 3.63) is 63.6 Å². The van der Waals surface area contributed by atoms with E-state index in [2.05, 4.69) is 22.4 Å². The summed E-state index contributed by atoms with van der Waals surface area (Å²) < 4.78 is 15.7. The van der Waals surface area contributed by atoms with E-state index in [-0.39, 0.29) is 35.3 Å². The summed E-state index contributed by atoms with van der Waals surface area (Å²) in [6, 6.07) is 11.9. The van der Waals surface area contributed by atoms with Gasteiger partial charge in [-0.2, -0.15) is 0 Å². The van der Waals surface area contributed by atoms with Crippen LogP contribution in [-0.2, 0) is 22.6 Å². The van der Waals surface area contributed by atoms with Crippen molar-refractivity contribution in [1.82, 2.24) is 10.2 Å².